The van der Waals surface area contributed by atoms with E-state index in [9.17, 15) is 4.79 Å². The van der Waals surface area contributed by atoms with Gasteiger partial charge in [0.25, 0.3) is 0 Å². The van der Waals surface area contributed by atoms with Gasteiger partial charge in [-0.15, -0.1) is 0 Å². The molecule has 26 heavy (non-hydrogen) atoms. The molecule has 0 radical (unpaired) electrons. The molecule has 1 unspecified atom stereocenters. The first-order chi connectivity index (χ1) is 12.5. The number of carbonyl (C=O) groups is 1. The minimum absolute atomic E-state index is 0.228. The Labute approximate surface area is 165 Å². The van der Waals surface area contributed by atoms with Gasteiger partial charge in [0, 0.05) is 37.1 Å². The van der Waals surface area contributed by atoms with E-state index in [1.807, 2.05) is 4.90 Å². The number of hydrogen-bond donors (Lipinski definition) is 0. The van der Waals surface area contributed by atoms with Crippen LogP contribution in [0.15, 0.2) is 59.1 Å². The molecule has 1 amide bonds. The zero-order valence-corrected chi connectivity index (χ0v) is 17.2. The summed E-state index contributed by atoms with van der Waals surface area (Å²) in [4.78, 5) is 16.9. The first kappa shape index (κ1) is 19.1. The van der Waals surface area contributed by atoms with Crippen molar-refractivity contribution in [2.75, 3.05) is 26.2 Å². The fourth-order valence-corrected chi connectivity index (χ4v) is 3.87. The predicted octanol–water partition coefficient (Wildman–Crippen LogP) is 4.73. The lowest BCUT2D eigenvalue weighted by atomic mass is 9.96. The Morgan fingerprint density at radius 2 is 1.50 bits per heavy atom. The number of nitrogens with zero attached hydrogens (tertiary/aromatic N) is 2. The molecule has 1 aliphatic rings. The van der Waals surface area contributed by atoms with Crippen LogP contribution in [-0.4, -0.2) is 41.9 Å². The molecule has 3 rings (SSSR count). The number of rotatable bonds is 5. The molecule has 0 N–H and O–H groups in total. The van der Waals surface area contributed by atoms with Gasteiger partial charge in [0.15, 0.2) is 0 Å². The molecular formula is C22H27BrN2O. The molecule has 0 aromatic heterocycles. The molecule has 2 aromatic rings. The predicted molar refractivity (Wildman–Crippen MR) is 110 cm³/mol. The quantitative estimate of drug-likeness (QED) is 0.705. The molecular weight excluding hydrogens is 388 g/mol. The molecule has 0 saturated carbocycles. The van der Waals surface area contributed by atoms with Crippen molar-refractivity contribution in [3.63, 3.8) is 0 Å². The average molecular weight is 415 g/mol. The van der Waals surface area contributed by atoms with Gasteiger partial charge < -0.3 is 4.90 Å². The molecule has 0 aliphatic carbocycles. The van der Waals surface area contributed by atoms with E-state index in [0.29, 0.717) is 18.2 Å². The van der Waals surface area contributed by atoms with Crippen LogP contribution in [0.4, 0.5) is 0 Å². The summed E-state index contributed by atoms with van der Waals surface area (Å²) >= 11 is 3.53. The van der Waals surface area contributed by atoms with Crippen LogP contribution in [0.2, 0.25) is 0 Å². The largest absolute Gasteiger partial charge is 0.340 e. The Morgan fingerprint density at radius 3 is 2.08 bits per heavy atom. The second kappa shape index (κ2) is 8.83. The summed E-state index contributed by atoms with van der Waals surface area (Å²) in [7, 11) is 0. The minimum atomic E-state index is 0.228. The van der Waals surface area contributed by atoms with Crippen molar-refractivity contribution in [3.8, 4) is 0 Å². The summed E-state index contributed by atoms with van der Waals surface area (Å²) in [5.74, 6) is 0.708. The highest BCUT2D eigenvalue weighted by atomic mass is 79.9. The van der Waals surface area contributed by atoms with E-state index < -0.39 is 0 Å². The Kier molecular flexibility index (Phi) is 6.49. The van der Waals surface area contributed by atoms with Crippen LogP contribution in [0.25, 0.3) is 0 Å². The van der Waals surface area contributed by atoms with Crippen LogP contribution < -0.4 is 0 Å². The topological polar surface area (TPSA) is 23.6 Å². The van der Waals surface area contributed by atoms with Crippen molar-refractivity contribution >= 4 is 21.8 Å². The first-order valence-corrected chi connectivity index (χ1v) is 10.2. The van der Waals surface area contributed by atoms with Crippen molar-refractivity contribution in [1.29, 1.82) is 0 Å². The van der Waals surface area contributed by atoms with Crippen molar-refractivity contribution in [1.82, 2.24) is 9.80 Å². The molecule has 1 atom stereocenters. The van der Waals surface area contributed by atoms with Crippen molar-refractivity contribution in [2.24, 2.45) is 5.92 Å². The Morgan fingerprint density at radius 1 is 0.923 bits per heavy atom. The van der Waals surface area contributed by atoms with Crippen molar-refractivity contribution < 1.29 is 4.79 Å². The highest BCUT2D eigenvalue weighted by Gasteiger charge is 2.28. The van der Waals surface area contributed by atoms with Gasteiger partial charge in [-0.05, 0) is 29.2 Å². The number of carbonyl (C=O) groups excluding carboxylic acids is 1. The van der Waals surface area contributed by atoms with Gasteiger partial charge in [-0.3, -0.25) is 9.69 Å². The summed E-state index contributed by atoms with van der Waals surface area (Å²) in [6, 6.07) is 19.5. The van der Waals surface area contributed by atoms with E-state index >= 15 is 0 Å². The molecule has 0 spiro atoms. The third-order valence-corrected chi connectivity index (χ3v) is 5.44. The van der Waals surface area contributed by atoms with Gasteiger partial charge in [-0.1, -0.05) is 72.2 Å². The maximum Gasteiger partial charge on any atom is 0.222 e. The minimum Gasteiger partial charge on any atom is -0.340 e. The summed E-state index contributed by atoms with van der Waals surface area (Å²) in [5.41, 5.74) is 2.60. The molecule has 1 saturated heterocycles. The number of halogens is 1. The van der Waals surface area contributed by atoms with E-state index in [1.54, 1.807) is 0 Å². The molecule has 138 valence electrons. The van der Waals surface area contributed by atoms with E-state index in [2.05, 4.69) is 89.3 Å². The van der Waals surface area contributed by atoms with E-state index in [4.69, 9.17) is 0 Å². The summed E-state index contributed by atoms with van der Waals surface area (Å²) < 4.78 is 1.09. The Balaban J connectivity index is 1.77. The van der Waals surface area contributed by atoms with Gasteiger partial charge in [0.05, 0.1) is 6.04 Å². The lowest BCUT2D eigenvalue weighted by molar-refractivity contribution is -0.133. The highest BCUT2D eigenvalue weighted by Crippen LogP contribution is 2.30. The summed E-state index contributed by atoms with van der Waals surface area (Å²) in [5, 5.41) is 0. The fraction of sp³-hybridized carbons (Fsp3) is 0.409. The number of amides is 1. The molecule has 2 aromatic carbocycles. The molecule has 1 heterocycles. The van der Waals surface area contributed by atoms with Crippen LogP contribution in [0, 0.1) is 5.92 Å². The normalized spacial score (nSPS) is 16.7. The van der Waals surface area contributed by atoms with Crippen molar-refractivity contribution in [3.05, 3.63) is 70.2 Å². The Hall–Kier alpha value is -1.65. The standard InChI is InChI=1S/C22H27BrN2O/c1-17(2)16-21(26)24-12-14-25(15-13-24)22(18-6-4-3-5-7-18)19-8-10-20(23)11-9-19/h3-11,17,22H,12-16H2,1-2H3. The lowest BCUT2D eigenvalue weighted by Gasteiger charge is -2.40. The monoisotopic (exact) mass is 414 g/mol. The number of benzene rings is 2. The van der Waals surface area contributed by atoms with E-state index in [-0.39, 0.29) is 6.04 Å². The number of piperazine rings is 1. The van der Waals surface area contributed by atoms with Gasteiger partial charge in [0.2, 0.25) is 5.91 Å². The fourth-order valence-electron chi connectivity index (χ4n) is 3.60. The van der Waals surface area contributed by atoms with Gasteiger partial charge in [0.1, 0.15) is 0 Å². The smallest absolute Gasteiger partial charge is 0.222 e. The zero-order valence-electron chi connectivity index (χ0n) is 15.6. The molecule has 1 fully saturated rings. The van der Waals surface area contributed by atoms with Crippen LogP contribution >= 0.6 is 15.9 Å². The molecule has 1 aliphatic heterocycles. The van der Waals surface area contributed by atoms with E-state index in [0.717, 1.165) is 30.7 Å². The van der Waals surface area contributed by atoms with Crippen LogP contribution in [0.5, 0.6) is 0 Å². The van der Waals surface area contributed by atoms with Crippen LogP contribution in [-0.2, 0) is 4.79 Å². The maximum atomic E-state index is 12.4. The second-order valence-electron chi connectivity index (χ2n) is 7.38. The van der Waals surface area contributed by atoms with Crippen LogP contribution in [0.1, 0.15) is 37.4 Å². The molecule has 3 nitrogen and oxygen atoms in total. The summed E-state index contributed by atoms with van der Waals surface area (Å²) in [6.45, 7) is 7.63. The maximum absolute atomic E-state index is 12.4. The van der Waals surface area contributed by atoms with Gasteiger partial charge in [-0.2, -0.15) is 0 Å². The zero-order chi connectivity index (χ0) is 18.5. The van der Waals surface area contributed by atoms with E-state index in [1.165, 1.54) is 11.1 Å². The highest BCUT2D eigenvalue weighted by molar-refractivity contribution is 9.10. The van der Waals surface area contributed by atoms with Gasteiger partial charge >= 0.3 is 0 Å². The average Bonchev–Trinajstić information content (AvgIpc) is 2.64. The Bertz CT molecular complexity index is 707. The SMILES string of the molecule is CC(C)CC(=O)N1CCN(C(c2ccccc2)c2ccc(Br)cc2)CC1. The van der Waals surface area contributed by atoms with Gasteiger partial charge in [-0.25, -0.2) is 0 Å². The number of hydrogen-bond acceptors (Lipinski definition) is 2. The van der Waals surface area contributed by atoms with Crippen LogP contribution in [0.3, 0.4) is 0 Å². The molecule has 4 heteroatoms. The first-order valence-electron chi connectivity index (χ1n) is 9.37. The third-order valence-electron chi connectivity index (χ3n) is 4.92. The lowest BCUT2D eigenvalue weighted by Crippen LogP contribution is -2.50. The summed E-state index contributed by atoms with van der Waals surface area (Å²) in [6.07, 6.45) is 0.648. The van der Waals surface area contributed by atoms with Crippen molar-refractivity contribution in [2.45, 2.75) is 26.3 Å². The third kappa shape index (κ3) is 4.74. The molecule has 0 bridgehead atoms. The second-order valence-corrected chi connectivity index (χ2v) is 8.30.